The average molecular weight is 643 g/mol. The molecule has 1 aromatic heterocycles. The van der Waals surface area contributed by atoms with Crippen LogP contribution in [0.5, 0.6) is 5.75 Å². The zero-order valence-electron chi connectivity index (χ0n) is 23.5. The number of halogens is 7. The summed E-state index contributed by atoms with van der Waals surface area (Å²) in [5.74, 6) is -2.55. The molecule has 0 aliphatic carbocycles. The molecular formula is C30H29ClF6N4O3. The van der Waals surface area contributed by atoms with Gasteiger partial charge in [-0.05, 0) is 80.9 Å². The lowest BCUT2D eigenvalue weighted by molar-refractivity contribution is -0.274. The average Bonchev–Trinajstić information content (AvgIpc) is 3.37. The number of nitrogens with one attached hydrogen (secondary N) is 1. The van der Waals surface area contributed by atoms with Crippen LogP contribution in [0.4, 0.5) is 32.0 Å². The molecule has 0 bridgehead atoms. The fourth-order valence-corrected chi connectivity index (χ4v) is 6.12. The number of alkyl halides is 7. The van der Waals surface area contributed by atoms with Crippen LogP contribution >= 0.6 is 11.6 Å². The van der Waals surface area contributed by atoms with Crippen molar-refractivity contribution in [3.05, 3.63) is 60.3 Å². The van der Waals surface area contributed by atoms with Crippen molar-refractivity contribution >= 4 is 29.1 Å². The number of hydrogen-bond acceptors (Lipinski definition) is 4. The van der Waals surface area contributed by atoms with Gasteiger partial charge in [0.15, 0.2) is 0 Å². The van der Waals surface area contributed by atoms with Gasteiger partial charge in [0.05, 0.1) is 11.7 Å². The fourth-order valence-electron chi connectivity index (χ4n) is 5.87. The maximum atomic E-state index is 13.7. The minimum atomic E-state index is -5.08. The van der Waals surface area contributed by atoms with Gasteiger partial charge in [-0.3, -0.25) is 9.59 Å². The molecule has 1 atom stereocenters. The Morgan fingerprint density at radius 2 is 1.70 bits per heavy atom. The molecule has 0 radical (unpaired) electrons. The Hall–Kier alpha value is -3.71. The Morgan fingerprint density at radius 1 is 1.02 bits per heavy atom. The number of amides is 2. The third-order valence-electron chi connectivity index (χ3n) is 7.89. The van der Waals surface area contributed by atoms with Crippen LogP contribution < -0.4 is 15.0 Å². The SMILES string of the molecule is CN1CCC(N(C(=O)C(F)(F)F)c2ccc(-c3c(-c4cccc(OC(F)(F)F)c4)cc4n3C(CCCl)CNC4=O)cc2)CC1. The molecule has 7 nitrogen and oxygen atoms in total. The smallest absolute Gasteiger partial charge is 0.406 e. The van der Waals surface area contributed by atoms with Crippen molar-refractivity contribution in [2.45, 2.75) is 43.9 Å². The number of piperidine rings is 1. The molecule has 44 heavy (non-hydrogen) atoms. The molecule has 2 aliphatic heterocycles. The van der Waals surface area contributed by atoms with Gasteiger partial charge in [-0.15, -0.1) is 24.8 Å². The lowest BCUT2D eigenvalue weighted by atomic mass is 9.99. The van der Waals surface area contributed by atoms with E-state index in [2.05, 4.69) is 10.1 Å². The number of likely N-dealkylation sites (tertiary alicyclic amines) is 1. The van der Waals surface area contributed by atoms with Crippen molar-refractivity contribution in [3.8, 4) is 28.1 Å². The van der Waals surface area contributed by atoms with Crippen LogP contribution in [0.2, 0.25) is 0 Å². The largest absolute Gasteiger partial charge is 0.573 e. The summed E-state index contributed by atoms with van der Waals surface area (Å²) in [7, 11) is 1.86. The second-order valence-corrected chi connectivity index (χ2v) is 11.2. The van der Waals surface area contributed by atoms with E-state index in [1.54, 1.807) is 28.8 Å². The topological polar surface area (TPSA) is 66.8 Å². The third kappa shape index (κ3) is 6.68. The van der Waals surface area contributed by atoms with Crippen LogP contribution in [-0.2, 0) is 4.79 Å². The predicted octanol–water partition coefficient (Wildman–Crippen LogP) is 6.62. The van der Waals surface area contributed by atoms with Crippen molar-refractivity contribution in [2.24, 2.45) is 0 Å². The number of fused-ring (bicyclic) bond motifs is 1. The summed E-state index contributed by atoms with van der Waals surface area (Å²) in [5.41, 5.74) is 2.00. The Morgan fingerprint density at radius 3 is 2.32 bits per heavy atom. The number of benzene rings is 2. The van der Waals surface area contributed by atoms with Gasteiger partial charge < -0.3 is 24.4 Å². The highest BCUT2D eigenvalue weighted by molar-refractivity contribution is 6.17. The van der Waals surface area contributed by atoms with Gasteiger partial charge in [-0.1, -0.05) is 24.3 Å². The van der Waals surface area contributed by atoms with Gasteiger partial charge in [0.1, 0.15) is 11.4 Å². The Labute approximate surface area is 254 Å². The van der Waals surface area contributed by atoms with Crippen molar-refractivity contribution < 1.29 is 40.7 Å². The number of carbonyl (C=O) groups is 2. The molecule has 3 heterocycles. The number of nitrogens with zero attached hydrogens (tertiary/aromatic N) is 3. The van der Waals surface area contributed by atoms with Crippen LogP contribution in [0.15, 0.2) is 54.6 Å². The van der Waals surface area contributed by atoms with Gasteiger partial charge >= 0.3 is 18.4 Å². The van der Waals surface area contributed by atoms with Crippen molar-refractivity contribution in [1.82, 2.24) is 14.8 Å². The minimum absolute atomic E-state index is 0.0632. The van der Waals surface area contributed by atoms with Gasteiger partial charge in [0, 0.05) is 29.7 Å². The maximum absolute atomic E-state index is 13.7. The van der Waals surface area contributed by atoms with E-state index in [9.17, 15) is 35.9 Å². The standard InChI is InChI=1S/C30H29ClF6N4O3/c1-39-13-10-21(11-14-39)40(28(43)29(32,33)34)20-7-5-18(6-8-20)26-24(19-3-2-4-23(15-19)44-30(35,36)37)16-25-27(42)38-17-22(9-12-31)41(25)26/h2-8,15-16,21-22H,9-14,17H2,1H3,(H,38,42). The zero-order valence-corrected chi connectivity index (χ0v) is 24.3. The normalized spacial score (nSPS) is 18.1. The van der Waals surface area contributed by atoms with Crippen LogP contribution in [0, 0.1) is 0 Å². The highest BCUT2D eigenvalue weighted by Gasteiger charge is 2.45. The molecule has 1 unspecified atom stereocenters. The van der Waals surface area contributed by atoms with E-state index in [4.69, 9.17) is 11.6 Å². The lowest BCUT2D eigenvalue weighted by Gasteiger charge is -2.37. The van der Waals surface area contributed by atoms with E-state index < -0.39 is 36.1 Å². The van der Waals surface area contributed by atoms with E-state index in [1.165, 1.54) is 24.3 Å². The first-order valence-electron chi connectivity index (χ1n) is 13.9. The fraction of sp³-hybridized carbons (Fsp3) is 0.400. The van der Waals surface area contributed by atoms with Crippen LogP contribution in [0.1, 0.15) is 35.8 Å². The van der Waals surface area contributed by atoms with Gasteiger partial charge in [0.25, 0.3) is 5.91 Å². The van der Waals surface area contributed by atoms with E-state index in [0.29, 0.717) is 54.7 Å². The van der Waals surface area contributed by atoms with Gasteiger partial charge in [-0.2, -0.15) is 13.2 Å². The number of ether oxygens (including phenoxy) is 1. The Balaban J connectivity index is 1.62. The van der Waals surface area contributed by atoms with Gasteiger partial charge in [-0.25, -0.2) is 0 Å². The molecule has 1 N–H and O–H groups in total. The molecule has 0 saturated carbocycles. The van der Waals surface area contributed by atoms with Crippen LogP contribution in [-0.4, -0.2) is 72.4 Å². The minimum Gasteiger partial charge on any atom is -0.406 e. The number of rotatable bonds is 7. The van der Waals surface area contributed by atoms with E-state index >= 15 is 0 Å². The van der Waals surface area contributed by atoms with E-state index in [0.717, 1.165) is 11.0 Å². The molecule has 236 valence electrons. The first-order valence-corrected chi connectivity index (χ1v) is 14.4. The van der Waals surface area contributed by atoms with Crippen LogP contribution in [0.25, 0.3) is 22.4 Å². The third-order valence-corrected chi connectivity index (χ3v) is 8.11. The summed E-state index contributed by atoms with van der Waals surface area (Å²) >= 11 is 6.07. The maximum Gasteiger partial charge on any atom is 0.573 e. The number of anilines is 1. The molecule has 1 saturated heterocycles. The quantitative estimate of drug-likeness (QED) is 0.232. The Kier molecular flexibility index (Phi) is 8.90. The second kappa shape index (κ2) is 12.4. The highest BCUT2D eigenvalue weighted by atomic mass is 35.5. The Bertz CT molecular complexity index is 1510. The summed E-state index contributed by atoms with van der Waals surface area (Å²) < 4.78 is 85.9. The summed E-state index contributed by atoms with van der Waals surface area (Å²) in [5, 5.41) is 2.80. The number of carbonyl (C=O) groups excluding carboxylic acids is 2. The van der Waals surface area contributed by atoms with E-state index in [-0.39, 0.29) is 29.8 Å². The summed E-state index contributed by atoms with van der Waals surface area (Å²) in [4.78, 5) is 28.3. The van der Waals surface area contributed by atoms with Crippen LogP contribution in [0.3, 0.4) is 0 Å². The molecule has 0 spiro atoms. The molecule has 14 heteroatoms. The molecule has 5 rings (SSSR count). The molecule has 2 amide bonds. The van der Waals surface area contributed by atoms with E-state index in [1.807, 2.05) is 11.9 Å². The molecule has 1 fully saturated rings. The molecule has 2 aliphatic rings. The molecule has 2 aromatic carbocycles. The summed E-state index contributed by atoms with van der Waals surface area (Å²) in [6.45, 7) is 1.31. The summed E-state index contributed by atoms with van der Waals surface area (Å²) in [6.07, 6.45) is -8.82. The van der Waals surface area contributed by atoms with Crippen molar-refractivity contribution in [1.29, 1.82) is 0 Å². The molecular weight excluding hydrogens is 614 g/mol. The summed E-state index contributed by atoms with van der Waals surface area (Å²) in [6, 6.07) is 11.8. The zero-order chi connectivity index (χ0) is 31.8. The van der Waals surface area contributed by atoms with Crippen molar-refractivity contribution in [2.75, 3.05) is 37.5 Å². The van der Waals surface area contributed by atoms with Crippen molar-refractivity contribution in [3.63, 3.8) is 0 Å². The monoisotopic (exact) mass is 642 g/mol. The second-order valence-electron chi connectivity index (χ2n) is 10.8. The highest BCUT2D eigenvalue weighted by Crippen LogP contribution is 2.41. The first-order chi connectivity index (χ1) is 20.8. The lowest BCUT2D eigenvalue weighted by Crippen LogP contribution is -2.51. The number of hydrogen-bond donors (Lipinski definition) is 1. The number of aromatic nitrogens is 1. The van der Waals surface area contributed by atoms with Gasteiger partial charge in [0.2, 0.25) is 0 Å². The first kappa shape index (κ1) is 31.7. The molecule has 3 aromatic rings. The predicted molar refractivity (Wildman–Crippen MR) is 153 cm³/mol.